The van der Waals surface area contributed by atoms with Gasteiger partial charge in [0.2, 0.25) is 11.9 Å². The molecule has 1 amide bonds. The summed E-state index contributed by atoms with van der Waals surface area (Å²) in [5.74, 6) is 0.591. The number of benzene rings is 1. The molecule has 2 N–H and O–H groups in total. The zero-order valence-electron chi connectivity index (χ0n) is 15.5. The van der Waals surface area contributed by atoms with Gasteiger partial charge in [0.1, 0.15) is 10.5 Å². The van der Waals surface area contributed by atoms with E-state index in [4.69, 9.17) is 4.74 Å². The van der Waals surface area contributed by atoms with Crippen LogP contribution in [0.1, 0.15) is 34.1 Å². The smallest absolute Gasteiger partial charge is 0.247 e. The molecule has 0 unspecified atom stereocenters. The van der Waals surface area contributed by atoms with Gasteiger partial charge in [0.15, 0.2) is 15.7 Å². The molecule has 0 saturated carbocycles. The number of nitrogens with one attached hydrogen (secondary N) is 2. The highest BCUT2D eigenvalue weighted by atomic mass is 32.2. The standard InChI is InChI=1S/C17H24N4O4S/c1-6-11(2)26(23,24)17(3,4)15(22)19-16-18-14(20-21-16)12-7-9-13(25-5)10-8-12/h7-11H,6H2,1-5H3,(H2,18,19,20,21,22)/t11-/m1/s1. The lowest BCUT2D eigenvalue weighted by Crippen LogP contribution is -2.48. The molecular weight excluding hydrogens is 356 g/mol. The summed E-state index contributed by atoms with van der Waals surface area (Å²) >= 11 is 0. The molecule has 0 bridgehead atoms. The Bertz CT molecular complexity index is 872. The zero-order chi connectivity index (χ0) is 19.5. The van der Waals surface area contributed by atoms with Gasteiger partial charge in [-0.1, -0.05) is 6.92 Å². The largest absolute Gasteiger partial charge is 0.497 e. The van der Waals surface area contributed by atoms with E-state index in [1.807, 2.05) is 0 Å². The Labute approximate surface area is 153 Å². The Kier molecular flexibility index (Phi) is 5.70. The van der Waals surface area contributed by atoms with Gasteiger partial charge in [-0.25, -0.2) is 8.42 Å². The molecule has 1 atom stereocenters. The molecule has 8 nitrogen and oxygen atoms in total. The van der Waals surface area contributed by atoms with E-state index in [9.17, 15) is 13.2 Å². The van der Waals surface area contributed by atoms with Gasteiger partial charge in [0.05, 0.1) is 12.4 Å². The first-order valence-electron chi connectivity index (χ1n) is 8.25. The molecule has 0 fully saturated rings. The number of methoxy groups -OCH3 is 1. The monoisotopic (exact) mass is 380 g/mol. The molecule has 1 aromatic heterocycles. The topological polar surface area (TPSA) is 114 Å². The van der Waals surface area contributed by atoms with Gasteiger partial charge in [-0.05, 0) is 51.5 Å². The molecule has 2 rings (SSSR count). The third-order valence-electron chi connectivity index (χ3n) is 4.44. The lowest BCUT2D eigenvalue weighted by Gasteiger charge is -2.26. The summed E-state index contributed by atoms with van der Waals surface area (Å²) in [4.78, 5) is 15.4. The summed E-state index contributed by atoms with van der Waals surface area (Å²) in [5, 5.41) is 9.74. The highest BCUT2D eigenvalue weighted by Gasteiger charge is 2.44. The molecule has 0 radical (unpaired) electrons. The minimum Gasteiger partial charge on any atom is -0.497 e. The quantitative estimate of drug-likeness (QED) is 0.762. The van der Waals surface area contributed by atoms with Gasteiger partial charge < -0.3 is 9.72 Å². The number of amides is 1. The van der Waals surface area contributed by atoms with Crippen LogP contribution in [-0.4, -0.2) is 46.6 Å². The number of sulfone groups is 1. The van der Waals surface area contributed by atoms with E-state index in [-0.39, 0.29) is 5.95 Å². The summed E-state index contributed by atoms with van der Waals surface area (Å²) in [6.07, 6.45) is 0.434. The van der Waals surface area contributed by atoms with Crippen molar-refractivity contribution >= 4 is 21.7 Å². The SMILES string of the molecule is CC[C@@H](C)S(=O)(=O)C(C)(C)C(=O)Nc1nnc(-c2ccc(OC)cc2)[nH]1. The predicted molar refractivity (Wildman–Crippen MR) is 99.8 cm³/mol. The lowest BCUT2D eigenvalue weighted by atomic mass is 10.2. The number of nitrogens with zero attached hydrogens (tertiary/aromatic N) is 2. The minimum absolute atomic E-state index is 0.0910. The fourth-order valence-corrected chi connectivity index (χ4v) is 4.06. The maximum Gasteiger partial charge on any atom is 0.247 e. The number of carbonyl (C=O) groups excluding carboxylic acids is 1. The molecule has 0 aliphatic rings. The maximum atomic E-state index is 12.6. The Morgan fingerprint density at radius 2 is 1.88 bits per heavy atom. The molecule has 0 aliphatic heterocycles. The number of rotatable bonds is 7. The molecular formula is C17H24N4O4S. The summed E-state index contributed by atoms with van der Waals surface area (Å²) in [7, 11) is -2.07. The van der Waals surface area contributed by atoms with Crippen LogP contribution in [-0.2, 0) is 14.6 Å². The Morgan fingerprint density at radius 1 is 1.27 bits per heavy atom. The number of ether oxygens (including phenoxy) is 1. The van der Waals surface area contributed by atoms with Crippen molar-refractivity contribution in [3.05, 3.63) is 24.3 Å². The number of aromatic amines is 1. The van der Waals surface area contributed by atoms with Gasteiger partial charge in [-0.15, -0.1) is 10.2 Å². The Balaban J connectivity index is 2.18. The van der Waals surface area contributed by atoms with Gasteiger partial charge in [-0.2, -0.15) is 0 Å². The Hall–Kier alpha value is -2.42. The van der Waals surface area contributed by atoms with Gasteiger partial charge in [0, 0.05) is 5.56 Å². The first-order chi connectivity index (χ1) is 12.1. The van der Waals surface area contributed by atoms with Crippen LogP contribution in [0.5, 0.6) is 5.75 Å². The first kappa shape index (κ1) is 19.9. The van der Waals surface area contributed by atoms with E-state index in [0.717, 1.165) is 5.56 Å². The van der Waals surface area contributed by atoms with Crippen molar-refractivity contribution in [3.63, 3.8) is 0 Å². The number of H-pyrrole nitrogens is 1. The molecule has 1 heterocycles. The van der Waals surface area contributed by atoms with Crippen LogP contribution >= 0.6 is 0 Å². The van der Waals surface area contributed by atoms with Crippen LogP contribution in [0.4, 0.5) is 5.95 Å². The number of carbonyl (C=O) groups is 1. The zero-order valence-corrected chi connectivity index (χ0v) is 16.3. The van der Waals surface area contributed by atoms with Crippen molar-refractivity contribution in [1.29, 1.82) is 0 Å². The molecule has 0 aliphatic carbocycles. The molecule has 0 spiro atoms. The summed E-state index contributed by atoms with van der Waals surface area (Å²) in [5.41, 5.74) is 0.755. The third kappa shape index (κ3) is 3.72. The van der Waals surface area contributed by atoms with E-state index in [2.05, 4.69) is 20.5 Å². The number of anilines is 1. The average Bonchev–Trinajstić information content (AvgIpc) is 3.09. The van der Waals surface area contributed by atoms with Crippen LogP contribution in [0.25, 0.3) is 11.4 Å². The average molecular weight is 380 g/mol. The second-order valence-electron chi connectivity index (χ2n) is 6.48. The van der Waals surface area contributed by atoms with Crippen molar-refractivity contribution in [3.8, 4) is 17.1 Å². The summed E-state index contributed by atoms with van der Waals surface area (Å²) in [6.45, 7) is 6.16. The minimum atomic E-state index is -3.65. The molecule has 9 heteroatoms. The molecule has 2 aromatic rings. The summed E-state index contributed by atoms with van der Waals surface area (Å²) in [6, 6.07) is 7.14. The second-order valence-corrected chi connectivity index (χ2v) is 9.39. The van der Waals surface area contributed by atoms with Crippen molar-refractivity contribution in [2.45, 2.75) is 44.1 Å². The van der Waals surface area contributed by atoms with Crippen molar-refractivity contribution in [2.24, 2.45) is 0 Å². The van der Waals surface area contributed by atoms with Gasteiger partial charge >= 0.3 is 0 Å². The maximum absolute atomic E-state index is 12.6. The second kappa shape index (κ2) is 7.45. The van der Waals surface area contributed by atoms with E-state index in [1.165, 1.54) is 13.8 Å². The highest BCUT2D eigenvalue weighted by molar-refractivity contribution is 7.94. The van der Waals surface area contributed by atoms with Crippen LogP contribution in [0.2, 0.25) is 0 Å². The molecule has 142 valence electrons. The fraction of sp³-hybridized carbons (Fsp3) is 0.471. The number of aromatic nitrogens is 3. The van der Waals surface area contributed by atoms with Gasteiger partial charge in [-0.3, -0.25) is 10.1 Å². The summed E-state index contributed by atoms with van der Waals surface area (Å²) < 4.78 is 28.7. The molecule has 1 aromatic carbocycles. The highest BCUT2D eigenvalue weighted by Crippen LogP contribution is 2.25. The Morgan fingerprint density at radius 3 is 2.42 bits per heavy atom. The predicted octanol–water partition coefficient (Wildman–Crippen LogP) is 2.41. The fourth-order valence-electron chi connectivity index (χ4n) is 2.31. The number of hydrogen-bond donors (Lipinski definition) is 2. The van der Waals surface area contributed by atoms with Gasteiger partial charge in [0.25, 0.3) is 0 Å². The normalized spacial score (nSPS) is 13.3. The van der Waals surface area contributed by atoms with Crippen LogP contribution in [0, 0.1) is 0 Å². The van der Waals surface area contributed by atoms with Crippen LogP contribution < -0.4 is 10.1 Å². The van der Waals surface area contributed by atoms with E-state index in [1.54, 1.807) is 45.2 Å². The van der Waals surface area contributed by atoms with E-state index in [0.29, 0.717) is 18.0 Å². The van der Waals surface area contributed by atoms with Crippen LogP contribution in [0.3, 0.4) is 0 Å². The number of hydrogen-bond acceptors (Lipinski definition) is 6. The molecule has 26 heavy (non-hydrogen) atoms. The molecule has 0 saturated heterocycles. The third-order valence-corrected chi connectivity index (χ3v) is 7.45. The van der Waals surface area contributed by atoms with E-state index < -0.39 is 25.7 Å². The van der Waals surface area contributed by atoms with Crippen molar-refractivity contribution < 1.29 is 17.9 Å². The van der Waals surface area contributed by atoms with Crippen molar-refractivity contribution in [1.82, 2.24) is 15.2 Å². The van der Waals surface area contributed by atoms with Crippen LogP contribution in [0.15, 0.2) is 24.3 Å². The van der Waals surface area contributed by atoms with Crippen molar-refractivity contribution in [2.75, 3.05) is 12.4 Å². The van der Waals surface area contributed by atoms with E-state index >= 15 is 0 Å². The first-order valence-corrected chi connectivity index (χ1v) is 9.80. The lowest BCUT2D eigenvalue weighted by molar-refractivity contribution is -0.117.